The first-order valence-electron chi connectivity index (χ1n) is 7.55. The summed E-state index contributed by atoms with van der Waals surface area (Å²) in [5.74, 6) is 0.972. The molecule has 108 valence electrons. The van der Waals surface area contributed by atoms with Crippen molar-refractivity contribution in [2.45, 2.75) is 72.1 Å². The van der Waals surface area contributed by atoms with E-state index in [-0.39, 0.29) is 6.10 Å². The Kier molecular flexibility index (Phi) is 6.93. The number of hydrogen-bond donors (Lipinski definition) is 1. The Labute approximate surface area is 118 Å². The molecule has 19 heavy (non-hydrogen) atoms. The molecule has 0 aromatic heterocycles. The molecule has 1 atom stereocenters. The van der Waals surface area contributed by atoms with Gasteiger partial charge in [-0.1, -0.05) is 45.7 Å². The maximum Gasteiger partial charge on any atom is 0.120 e. The van der Waals surface area contributed by atoms with E-state index < -0.39 is 0 Å². The van der Waals surface area contributed by atoms with Gasteiger partial charge in [-0.2, -0.15) is 0 Å². The van der Waals surface area contributed by atoms with Crippen LogP contribution < -0.4 is 10.1 Å². The Morgan fingerprint density at radius 2 is 1.89 bits per heavy atom. The van der Waals surface area contributed by atoms with Crippen LogP contribution in [0.1, 0.15) is 65.5 Å². The second kappa shape index (κ2) is 8.21. The lowest BCUT2D eigenvalue weighted by Gasteiger charge is -2.22. The van der Waals surface area contributed by atoms with Crippen molar-refractivity contribution in [1.29, 1.82) is 0 Å². The summed E-state index contributed by atoms with van der Waals surface area (Å²) in [5, 5.41) is 3.66. The third-order valence-corrected chi connectivity index (χ3v) is 3.01. The lowest BCUT2D eigenvalue weighted by atomic mass is 10.00. The van der Waals surface area contributed by atoms with E-state index in [1.807, 2.05) is 6.07 Å². The molecule has 0 saturated heterocycles. The van der Waals surface area contributed by atoms with Crippen molar-refractivity contribution in [3.8, 4) is 5.75 Å². The smallest absolute Gasteiger partial charge is 0.120 e. The first kappa shape index (κ1) is 16.0. The van der Waals surface area contributed by atoms with Crippen molar-refractivity contribution >= 4 is 0 Å². The summed E-state index contributed by atoms with van der Waals surface area (Å²) >= 11 is 0. The molecular weight excluding hydrogens is 234 g/mol. The fraction of sp³-hybridized carbons (Fsp3) is 0.647. The minimum atomic E-state index is 0.224. The largest absolute Gasteiger partial charge is 0.491 e. The zero-order valence-electron chi connectivity index (χ0n) is 13.1. The minimum Gasteiger partial charge on any atom is -0.491 e. The van der Waals surface area contributed by atoms with Crippen LogP contribution in [0, 0.1) is 0 Å². The minimum absolute atomic E-state index is 0.224. The normalized spacial score (nSPS) is 13.0. The van der Waals surface area contributed by atoms with Crippen LogP contribution in [0.3, 0.4) is 0 Å². The molecular formula is C17H29NO. The number of ether oxygens (including phenoxy) is 1. The number of hydrogen-bond acceptors (Lipinski definition) is 2. The quantitative estimate of drug-likeness (QED) is 0.734. The van der Waals surface area contributed by atoms with Gasteiger partial charge in [0.15, 0.2) is 0 Å². The van der Waals surface area contributed by atoms with Crippen LogP contribution in [0.4, 0.5) is 0 Å². The fourth-order valence-corrected chi connectivity index (χ4v) is 2.23. The van der Waals surface area contributed by atoms with Gasteiger partial charge in [-0.05, 0) is 38.0 Å². The fourth-order valence-electron chi connectivity index (χ4n) is 2.23. The first-order valence-corrected chi connectivity index (χ1v) is 7.55. The molecule has 1 aromatic rings. The van der Waals surface area contributed by atoms with E-state index in [4.69, 9.17) is 4.74 Å². The van der Waals surface area contributed by atoms with Gasteiger partial charge in [0, 0.05) is 12.1 Å². The van der Waals surface area contributed by atoms with Gasteiger partial charge in [0.05, 0.1) is 6.10 Å². The van der Waals surface area contributed by atoms with Crippen LogP contribution >= 0.6 is 0 Å². The second-order valence-corrected chi connectivity index (χ2v) is 5.76. The summed E-state index contributed by atoms with van der Waals surface area (Å²) in [4.78, 5) is 0. The number of benzene rings is 1. The standard InChI is InChI=1S/C17H29NO/c1-6-7-11-17(18-13(2)3)15-9-8-10-16(12-15)19-14(4)5/h8-10,12-14,17-18H,6-7,11H2,1-5H3. The molecule has 0 spiro atoms. The molecule has 0 aliphatic rings. The first-order chi connectivity index (χ1) is 9.02. The van der Waals surface area contributed by atoms with Crippen molar-refractivity contribution in [2.24, 2.45) is 0 Å². The monoisotopic (exact) mass is 263 g/mol. The van der Waals surface area contributed by atoms with Crippen LogP contribution in [-0.2, 0) is 0 Å². The van der Waals surface area contributed by atoms with Gasteiger partial charge in [-0.15, -0.1) is 0 Å². The van der Waals surface area contributed by atoms with Crippen molar-refractivity contribution in [3.05, 3.63) is 29.8 Å². The summed E-state index contributed by atoms with van der Waals surface area (Å²) < 4.78 is 5.79. The molecule has 0 aliphatic heterocycles. The predicted octanol–water partition coefficient (Wildman–Crippen LogP) is 4.70. The molecule has 0 saturated carbocycles. The molecule has 2 heteroatoms. The zero-order chi connectivity index (χ0) is 14.3. The lowest BCUT2D eigenvalue weighted by molar-refractivity contribution is 0.242. The molecule has 0 aliphatic carbocycles. The third-order valence-electron chi connectivity index (χ3n) is 3.01. The van der Waals surface area contributed by atoms with Gasteiger partial charge < -0.3 is 10.1 Å². The van der Waals surface area contributed by atoms with Gasteiger partial charge in [0.25, 0.3) is 0 Å². The van der Waals surface area contributed by atoms with Gasteiger partial charge in [0.2, 0.25) is 0 Å². The van der Waals surface area contributed by atoms with E-state index in [1.54, 1.807) is 0 Å². The van der Waals surface area contributed by atoms with Crippen LogP contribution in [0.15, 0.2) is 24.3 Å². The van der Waals surface area contributed by atoms with E-state index in [2.05, 4.69) is 58.1 Å². The molecule has 2 nitrogen and oxygen atoms in total. The van der Waals surface area contributed by atoms with Crippen molar-refractivity contribution in [2.75, 3.05) is 0 Å². The van der Waals surface area contributed by atoms with Gasteiger partial charge in [-0.3, -0.25) is 0 Å². The Morgan fingerprint density at radius 1 is 1.16 bits per heavy atom. The molecule has 0 fully saturated rings. The summed E-state index contributed by atoms with van der Waals surface area (Å²) in [6.45, 7) is 10.8. The molecule has 1 rings (SSSR count). The lowest BCUT2D eigenvalue weighted by Crippen LogP contribution is -2.28. The molecule has 1 N–H and O–H groups in total. The van der Waals surface area contributed by atoms with Crippen LogP contribution in [0.2, 0.25) is 0 Å². The third kappa shape index (κ3) is 6.11. The molecule has 1 aromatic carbocycles. The maximum atomic E-state index is 5.79. The van der Waals surface area contributed by atoms with Crippen molar-refractivity contribution in [3.63, 3.8) is 0 Å². The Morgan fingerprint density at radius 3 is 2.47 bits per heavy atom. The van der Waals surface area contributed by atoms with Crippen molar-refractivity contribution < 1.29 is 4.74 Å². The SMILES string of the molecule is CCCCC(NC(C)C)c1cccc(OC(C)C)c1. The van der Waals surface area contributed by atoms with Gasteiger partial charge in [-0.25, -0.2) is 0 Å². The van der Waals surface area contributed by atoms with E-state index in [0.717, 1.165) is 5.75 Å². The Bertz CT molecular complexity index is 360. The highest BCUT2D eigenvalue weighted by Gasteiger charge is 2.13. The van der Waals surface area contributed by atoms with Gasteiger partial charge in [0.1, 0.15) is 5.75 Å². The number of unbranched alkanes of at least 4 members (excludes halogenated alkanes) is 1. The van der Waals surface area contributed by atoms with Crippen molar-refractivity contribution in [1.82, 2.24) is 5.32 Å². The number of rotatable bonds is 8. The molecule has 0 heterocycles. The van der Waals surface area contributed by atoms with Crippen LogP contribution in [0.5, 0.6) is 5.75 Å². The van der Waals surface area contributed by atoms with Gasteiger partial charge >= 0.3 is 0 Å². The van der Waals surface area contributed by atoms with E-state index >= 15 is 0 Å². The zero-order valence-corrected chi connectivity index (χ0v) is 13.1. The highest BCUT2D eigenvalue weighted by molar-refractivity contribution is 5.30. The molecule has 1 unspecified atom stereocenters. The maximum absolute atomic E-state index is 5.79. The summed E-state index contributed by atoms with van der Waals surface area (Å²) in [7, 11) is 0. The molecule has 0 amide bonds. The van der Waals surface area contributed by atoms with Crippen LogP contribution in [0.25, 0.3) is 0 Å². The Balaban J connectivity index is 2.81. The predicted molar refractivity (Wildman–Crippen MR) is 82.7 cm³/mol. The van der Waals surface area contributed by atoms with E-state index in [0.29, 0.717) is 12.1 Å². The molecule has 0 radical (unpaired) electrons. The average Bonchev–Trinajstić information content (AvgIpc) is 2.33. The topological polar surface area (TPSA) is 21.3 Å². The average molecular weight is 263 g/mol. The van der Waals surface area contributed by atoms with E-state index in [1.165, 1.54) is 24.8 Å². The summed E-state index contributed by atoms with van der Waals surface area (Å²) in [6.07, 6.45) is 3.89. The van der Waals surface area contributed by atoms with E-state index in [9.17, 15) is 0 Å². The highest BCUT2D eigenvalue weighted by Crippen LogP contribution is 2.24. The Hall–Kier alpha value is -1.02. The summed E-state index contributed by atoms with van der Waals surface area (Å²) in [5.41, 5.74) is 1.33. The molecule has 0 bridgehead atoms. The summed E-state index contributed by atoms with van der Waals surface area (Å²) in [6, 6.07) is 9.43. The second-order valence-electron chi connectivity index (χ2n) is 5.76. The number of nitrogens with one attached hydrogen (secondary N) is 1. The highest BCUT2D eigenvalue weighted by atomic mass is 16.5. The van der Waals surface area contributed by atoms with Crippen LogP contribution in [-0.4, -0.2) is 12.1 Å².